The predicted octanol–water partition coefficient (Wildman–Crippen LogP) is 1.28. The zero-order chi connectivity index (χ0) is 10.7. The van der Waals surface area contributed by atoms with E-state index >= 15 is 0 Å². The van der Waals surface area contributed by atoms with Crippen LogP contribution in [-0.2, 0) is 6.54 Å². The number of aromatic nitrogens is 1. The van der Waals surface area contributed by atoms with Gasteiger partial charge >= 0.3 is 5.97 Å². The summed E-state index contributed by atoms with van der Waals surface area (Å²) in [6.45, 7) is 1.66. The summed E-state index contributed by atoms with van der Waals surface area (Å²) in [5.41, 5.74) is 1.09. The molecular formula is C11H14N2O2. The first kappa shape index (κ1) is 10.1. The number of hydrogen-bond acceptors (Lipinski definition) is 3. The summed E-state index contributed by atoms with van der Waals surface area (Å²) in [4.78, 5) is 14.8. The average molecular weight is 206 g/mol. The Labute approximate surface area is 88.3 Å². The third-order valence-corrected chi connectivity index (χ3v) is 2.50. The van der Waals surface area contributed by atoms with E-state index in [0.717, 1.165) is 18.2 Å². The highest BCUT2D eigenvalue weighted by Crippen LogP contribution is 2.27. The van der Waals surface area contributed by atoms with Crippen LogP contribution in [0.25, 0.3) is 0 Å². The minimum atomic E-state index is -0.902. The van der Waals surface area contributed by atoms with Crippen LogP contribution in [0.2, 0.25) is 0 Å². The van der Waals surface area contributed by atoms with Crippen LogP contribution >= 0.6 is 0 Å². The number of carboxylic acid groups (broad SMARTS) is 1. The van der Waals surface area contributed by atoms with E-state index in [0.29, 0.717) is 12.1 Å². The van der Waals surface area contributed by atoms with E-state index in [1.165, 1.54) is 25.1 Å². The Morgan fingerprint density at radius 3 is 3.07 bits per heavy atom. The largest absolute Gasteiger partial charge is 0.478 e. The van der Waals surface area contributed by atoms with Gasteiger partial charge in [0, 0.05) is 12.7 Å². The molecule has 0 unspecified atom stereocenters. The van der Waals surface area contributed by atoms with Crippen LogP contribution in [0.15, 0.2) is 18.3 Å². The summed E-state index contributed by atoms with van der Waals surface area (Å²) in [6, 6.07) is 3.12. The highest BCUT2D eigenvalue weighted by atomic mass is 16.4. The summed E-state index contributed by atoms with van der Waals surface area (Å²) >= 11 is 0. The first-order valence-electron chi connectivity index (χ1n) is 5.14. The monoisotopic (exact) mass is 206 g/mol. The molecule has 1 saturated carbocycles. The summed E-state index contributed by atoms with van der Waals surface area (Å²) < 4.78 is 0. The van der Waals surface area contributed by atoms with Crippen LogP contribution in [-0.4, -0.2) is 22.6 Å². The molecular weight excluding hydrogens is 192 g/mol. The second-order valence-corrected chi connectivity index (χ2v) is 3.92. The Morgan fingerprint density at radius 1 is 1.60 bits per heavy atom. The molecule has 1 heterocycles. The molecule has 1 fully saturated rings. The van der Waals surface area contributed by atoms with Crippen LogP contribution in [0.1, 0.15) is 28.9 Å². The minimum Gasteiger partial charge on any atom is -0.478 e. The molecule has 0 aliphatic heterocycles. The molecule has 0 radical (unpaired) electrons. The van der Waals surface area contributed by atoms with Gasteiger partial charge in [0.15, 0.2) is 0 Å². The van der Waals surface area contributed by atoms with Crippen molar-refractivity contribution >= 4 is 5.97 Å². The maximum absolute atomic E-state index is 10.7. The molecule has 1 aliphatic carbocycles. The fourth-order valence-electron chi connectivity index (χ4n) is 1.43. The molecule has 0 bridgehead atoms. The lowest BCUT2D eigenvalue weighted by Gasteiger charge is -2.03. The van der Waals surface area contributed by atoms with Crippen LogP contribution in [0.3, 0.4) is 0 Å². The lowest BCUT2D eigenvalue weighted by Crippen LogP contribution is -2.17. The molecule has 1 aromatic heterocycles. The van der Waals surface area contributed by atoms with Gasteiger partial charge in [0.2, 0.25) is 0 Å². The molecule has 1 aliphatic rings. The van der Waals surface area contributed by atoms with Gasteiger partial charge in [-0.2, -0.15) is 0 Å². The van der Waals surface area contributed by atoms with E-state index < -0.39 is 5.97 Å². The fourth-order valence-corrected chi connectivity index (χ4v) is 1.43. The van der Waals surface area contributed by atoms with E-state index in [1.54, 1.807) is 6.07 Å². The molecule has 4 heteroatoms. The molecule has 4 nitrogen and oxygen atoms in total. The van der Waals surface area contributed by atoms with Crippen LogP contribution in [0.5, 0.6) is 0 Å². The highest BCUT2D eigenvalue weighted by Gasteiger charge is 2.20. The molecule has 0 atom stereocenters. The number of carbonyl (C=O) groups is 1. The van der Waals surface area contributed by atoms with Gasteiger partial charge in [-0.25, -0.2) is 4.79 Å². The summed E-state index contributed by atoms with van der Waals surface area (Å²) in [7, 11) is 0. The maximum atomic E-state index is 10.7. The smallest absolute Gasteiger partial charge is 0.335 e. The lowest BCUT2D eigenvalue weighted by atomic mass is 10.2. The van der Waals surface area contributed by atoms with Gasteiger partial charge in [-0.1, -0.05) is 0 Å². The number of rotatable bonds is 5. The van der Waals surface area contributed by atoms with Gasteiger partial charge in [0.25, 0.3) is 0 Å². The molecule has 2 N–H and O–H groups in total. The first-order valence-corrected chi connectivity index (χ1v) is 5.14. The van der Waals surface area contributed by atoms with E-state index in [1.807, 2.05) is 0 Å². The zero-order valence-corrected chi connectivity index (χ0v) is 8.44. The number of aromatic carboxylic acids is 1. The van der Waals surface area contributed by atoms with E-state index in [-0.39, 0.29) is 0 Å². The second kappa shape index (κ2) is 4.40. The van der Waals surface area contributed by atoms with Crippen LogP contribution in [0.4, 0.5) is 0 Å². The molecule has 2 rings (SSSR count). The van der Waals surface area contributed by atoms with Crippen LogP contribution < -0.4 is 5.32 Å². The van der Waals surface area contributed by atoms with Crippen molar-refractivity contribution in [2.24, 2.45) is 5.92 Å². The average Bonchev–Trinajstić information content (AvgIpc) is 3.02. The third-order valence-electron chi connectivity index (χ3n) is 2.50. The minimum absolute atomic E-state index is 0.299. The van der Waals surface area contributed by atoms with Crippen molar-refractivity contribution in [3.8, 4) is 0 Å². The normalized spacial score (nSPS) is 15.2. The zero-order valence-electron chi connectivity index (χ0n) is 8.44. The number of carboxylic acids is 1. The standard InChI is InChI=1S/C11H14N2O2/c14-11(15)9-3-4-13-10(5-9)7-12-6-8-1-2-8/h3-5,8,12H,1-2,6-7H2,(H,14,15). The second-order valence-electron chi connectivity index (χ2n) is 3.92. The molecule has 80 valence electrons. The van der Waals surface area contributed by atoms with Crippen LogP contribution in [0, 0.1) is 5.92 Å². The van der Waals surface area contributed by atoms with Gasteiger partial charge in [0.05, 0.1) is 11.3 Å². The third kappa shape index (κ3) is 3.02. The molecule has 0 saturated heterocycles. The SMILES string of the molecule is O=C(O)c1ccnc(CNCC2CC2)c1. The quantitative estimate of drug-likeness (QED) is 0.761. The molecule has 0 amide bonds. The van der Waals surface area contributed by atoms with Crippen molar-refractivity contribution in [2.75, 3.05) is 6.54 Å². The molecule has 0 aromatic carbocycles. The summed E-state index contributed by atoms with van der Waals surface area (Å²) in [5, 5.41) is 12.1. The van der Waals surface area contributed by atoms with Crippen molar-refractivity contribution < 1.29 is 9.90 Å². The van der Waals surface area contributed by atoms with E-state index in [9.17, 15) is 4.79 Å². The van der Waals surface area contributed by atoms with E-state index in [2.05, 4.69) is 10.3 Å². The summed E-state index contributed by atoms with van der Waals surface area (Å²) in [6.07, 6.45) is 4.17. The molecule has 1 aromatic rings. The van der Waals surface area contributed by atoms with Gasteiger partial charge in [-0.05, 0) is 37.4 Å². The predicted molar refractivity (Wildman–Crippen MR) is 55.6 cm³/mol. The highest BCUT2D eigenvalue weighted by molar-refractivity contribution is 5.87. The lowest BCUT2D eigenvalue weighted by molar-refractivity contribution is 0.0696. The van der Waals surface area contributed by atoms with Gasteiger partial charge in [0.1, 0.15) is 0 Å². The Hall–Kier alpha value is -1.42. The number of nitrogens with one attached hydrogen (secondary N) is 1. The molecule has 15 heavy (non-hydrogen) atoms. The fraction of sp³-hybridized carbons (Fsp3) is 0.455. The Morgan fingerprint density at radius 2 is 2.40 bits per heavy atom. The van der Waals surface area contributed by atoms with Gasteiger partial charge < -0.3 is 10.4 Å². The number of hydrogen-bond donors (Lipinski definition) is 2. The number of pyridine rings is 1. The van der Waals surface area contributed by atoms with Crippen molar-refractivity contribution in [3.63, 3.8) is 0 Å². The van der Waals surface area contributed by atoms with E-state index in [4.69, 9.17) is 5.11 Å². The van der Waals surface area contributed by atoms with Crippen molar-refractivity contribution in [1.29, 1.82) is 0 Å². The Balaban J connectivity index is 1.88. The molecule has 0 spiro atoms. The maximum Gasteiger partial charge on any atom is 0.335 e. The number of nitrogens with zero attached hydrogens (tertiary/aromatic N) is 1. The topological polar surface area (TPSA) is 62.2 Å². The Kier molecular flexibility index (Phi) is 2.97. The Bertz CT molecular complexity index is 361. The van der Waals surface area contributed by atoms with Crippen molar-refractivity contribution in [2.45, 2.75) is 19.4 Å². The first-order chi connectivity index (χ1) is 7.25. The van der Waals surface area contributed by atoms with Crippen molar-refractivity contribution in [1.82, 2.24) is 10.3 Å². The van der Waals surface area contributed by atoms with Gasteiger partial charge in [-0.3, -0.25) is 4.98 Å². The van der Waals surface area contributed by atoms with Gasteiger partial charge in [-0.15, -0.1) is 0 Å². The summed E-state index contributed by atoms with van der Waals surface area (Å²) in [5.74, 6) is -0.0755. The van der Waals surface area contributed by atoms with Crippen molar-refractivity contribution in [3.05, 3.63) is 29.6 Å².